The second kappa shape index (κ2) is 9.21. The van der Waals surface area contributed by atoms with Gasteiger partial charge in [0.05, 0.1) is 4.90 Å². The molecular weight excluding hydrogens is 480 g/mol. The third-order valence-corrected chi connectivity index (χ3v) is 8.15. The summed E-state index contributed by atoms with van der Waals surface area (Å²) in [4.78, 5) is 16.0. The molecule has 1 saturated heterocycles. The van der Waals surface area contributed by atoms with Crippen molar-refractivity contribution in [1.82, 2.24) is 4.31 Å². The van der Waals surface area contributed by atoms with Gasteiger partial charge in [-0.25, -0.2) is 12.7 Å². The molecule has 0 N–H and O–H groups in total. The SMILES string of the molecule is Cc1ccc(S(=O)(=O)N2C(=O)C(c3ccccc3)N(c3ccccc3)C2c2ccc(Cl)cc2)cc1. The van der Waals surface area contributed by atoms with E-state index in [1.54, 1.807) is 48.5 Å². The molecule has 0 saturated carbocycles. The summed E-state index contributed by atoms with van der Waals surface area (Å²) >= 11 is 6.15. The molecule has 5 rings (SSSR count). The molecule has 1 amide bonds. The lowest BCUT2D eigenvalue weighted by atomic mass is 10.0. The number of amides is 1. The third-order valence-electron chi connectivity index (χ3n) is 6.13. The van der Waals surface area contributed by atoms with Gasteiger partial charge in [-0.05, 0) is 54.4 Å². The van der Waals surface area contributed by atoms with Crippen molar-refractivity contribution in [3.05, 3.63) is 131 Å². The Morgan fingerprint density at radius 3 is 1.89 bits per heavy atom. The predicted molar refractivity (Wildman–Crippen MR) is 138 cm³/mol. The first-order valence-electron chi connectivity index (χ1n) is 11.2. The number of rotatable bonds is 5. The highest BCUT2D eigenvalue weighted by Gasteiger charge is 2.53. The maximum atomic E-state index is 14.1. The minimum Gasteiger partial charge on any atom is -0.330 e. The largest absolute Gasteiger partial charge is 0.330 e. The van der Waals surface area contributed by atoms with E-state index in [2.05, 4.69) is 0 Å². The van der Waals surface area contributed by atoms with Crippen LogP contribution in [0.4, 0.5) is 5.69 Å². The average molecular weight is 503 g/mol. The van der Waals surface area contributed by atoms with Gasteiger partial charge in [0.25, 0.3) is 15.9 Å². The van der Waals surface area contributed by atoms with Crippen LogP contribution >= 0.6 is 11.6 Å². The van der Waals surface area contributed by atoms with Crippen LogP contribution in [0.15, 0.2) is 114 Å². The van der Waals surface area contributed by atoms with E-state index in [0.717, 1.165) is 15.6 Å². The van der Waals surface area contributed by atoms with E-state index >= 15 is 0 Å². The maximum absolute atomic E-state index is 14.1. The number of hydrogen-bond acceptors (Lipinski definition) is 4. The van der Waals surface area contributed by atoms with Gasteiger partial charge < -0.3 is 4.90 Å². The van der Waals surface area contributed by atoms with Crippen LogP contribution in [-0.2, 0) is 14.8 Å². The molecule has 1 heterocycles. The summed E-state index contributed by atoms with van der Waals surface area (Å²) in [6, 6.07) is 31.3. The molecule has 2 atom stereocenters. The van der Waals surface area contributed by atoms with Crippen molar-refractivity contribution in [3.8, 4) is 0 Å². The molecule has 2 unspecified atom stereocenters. The fourth-order valence-corrected chi connectivity index (χ4v) is 6.10. The fraction of sp³-hybridized carbons (Fsp3) is 0.107. The van der Waals surface area contributed by atoms with Crippen molar-refractivity contribution in [2.45, 2.75) is 24.0 Å². The van der Waals surface area contributed by atoms with Crippen LogP contribution in [0.1, 0.15) is 28.9 Å². The highest BCUT2D eigenvalue weighted by Crippen LogP contribution is 2.47. The zero-order valence-corrected chi connectivity index (χ0v) is 20.5. The molecule has 0 aromatic heterocycles. The summed E-state index contributed by atoms with van der Waals surface area (Å²) in [5.41, 5.74) is 3.01. The minimum absolute atomic E-state index is 0.0668. The summed E-state index contributed by atoms with van der Waals surface area (Å²) in [5.74, 6) is -0.513. The molecule has 7 heteroatoms. The number of hydrogen-bond donors (Lipinski definition) is 0. The minimum atomic E-state index is -4.18. The molecule has 176 valence electrons. The van der Waals surface area contributed by atoms with Gasteiger partial charge in [0, 0.05) is 10.7 Å². The quantitative estimate of drug-likeness (QED) is 0.329. The summed E-state index contributed by atoms with van der Waals surface area (Å²) in [6.45, 7) is 1.89. The lowest BCUT2D eigenvalue weighted by Gasteiger charge is -2.33. The van der Waals surface area contributed by atoms with Crippen LogP contribution in [-0.4, -0.2) is 18.6 Å². The molecule has 1 fully saturated rings. The van der Waals surface area contributed by atoms with Crippen LogP contribution in [0, 0.1) is 6.92 Å². The fourth-order valence-electron chi connectivity index (χ4n) is 4.45. The Balaban J connectivity index is 1.76. The molecule has 1 aliphatic heterocycles. The van der Waals surface area contributed by atoms with Crippen molar-refractivity contribution < 1.29 is 13.2 Å². The van der Waals surface area contributed by atoms with Gasteiger partial charge >= 0.3 is 0 Å². The van der Waals surface area contributed by atoms with E-state index < -0.39 is 28.1 Å². The number of para-hydroxylation sites is 1. The van der Waals surface area contributed by atoms with Crippen LogP contribution in [0.25, 0.3) is 0 Å². The topological polar surface area (TPSA) is 57.7 Å². The second-order valence-electron chi connectivity index (χ2n) is 8.43. The number of aryl methyl sites for hydroxylation is 1. The summed E-state index contributed by atoms with van der Waals surface area (Å²) in [5, 5.41) is 0.525. The summed E-state index contributed by atoms with van der Waals surface area (Å²) < 4.78 is 29.0. The third kappa shape index (κ3) is 4.20. The number of anilines is 1. The second-order valence-corrected chi connectivity index (χ2v) is 10.7. The van der Waals surface area contributed by atoms with Crippen molar-refractivity contribution in [2.24, 2.45) is 0 Å². The number of carbonyl (C=O) groups excluding carboxylic acids is 1. The number of nitrogens with zero attached hydrogens (tertiary/aromatic N) is 2. The molecule has 0 radical (unpaired) electrons. The first-order chi connectivity index (χ1) is 16.9. The number of halogens is 1. The van der Waals surface area contributed by atoms with Crippen LogP contribution in [0.5, 0.6) is 0 Å². The number of benzene rings is 4. The van der Waals surface area contributed by atoms with Crippen molar-refractivity contribution in [3.63, 3.8) is 0 Å². The molecule has 0 bridgehead atoms. The smallest absolute Gasteiger partial charge is 0.268 e. The predicted octanol–water partition coefficient (Wildman–Crippen LogP) is 6.13. The molecule has 0 spiro atoms. The van der Waals surface area contributed by atoms with E-state index in [-0.39, 0.29) is 4.90 Å². The highest BCUT2D eigenvalue weighted by molar-refractivity contribution is 7.89. The standard InChI is InChI=1S/C28H23ClN2O3S/c1-20-12-18-25(19-13-20)35(33,34)31-27(22-14-16-23(29)17-15-22)30(24-10-6-3-7-11-24)26(28(31)32)21-8-4-2-5-9-21/h2-19,26-27H,1H3. The number of sulfonamides is 1. The van der Waals surface area contributed by atoms with Gasteiger partial charge in [-0.2, -0.15) is 0 Å². The van der Waals surface area contributed by atoms with E-state index in [1.807, 2.05) is 72.5 Å². The molecule has 35 heavy (non-hydrogen) atoms. The lowest BCUT2D eigenvalue weighted by Crippen LogP contribution is -2.37. The van der Waals surface area contributed by atoms with Crippen LogP contribution < -0.4 is 4.90 Å². The Bertz CT molecular complexity index is 1440. The highest BCUT2D eigenvalue weighted by atomic mass is 35.5. The van der Waals surface area contributed by atoms with Gasteiger partial charge in [-0.3, -0.25) is 4.79 Å². The summed E-state index contributed by atoms with van der Waals surface area (Å²) in [6.07, 6.45) is -0.904. The Morgan fingerprint density at radius 1 is 0.714 bits per heavy atom. The average Bonchev–Trinajstić information content (AvgIpc) is 3.19. The van der Waals surface area contributed by atoms with Crippen molar-refractivity contribution in [1.29, 1.82) is 0 Å². The van der Waals surface area contributed by atoms with Crippen molar-refractivity contribution >= 4 is 33.2 Å². The number of carbonyl (C=O) groups is 1. The molecule has 5 nitrogen and oxygen atoms in total. The first-order valence-corrected chi connectivity index (χ1v) is 13.0. The van der Waals surface area contributed by atoms with Gasteiger partial charge in [0.2, 0.25) is 0 Å². The molecule has 0 aliphatic carbocycles. The van der Waals surface area contributed by atoms with E-state index in [4.69, 9.17) is 11.6 Å². The molecule has 4 aromatic rings. The van der Waals surface area contributed by atoms with Crippen molar-refractivity contribution in [2.75, 3.05) is 4.90 Å². The van der Waals surface area contributed by atoms with E-state index in [1.165, 1.54) is 0 Å². The van der Waals surface area contributed by atoms with Gasteiger partial charge in [-0.15, -0.1) is 0 Å². The molecule has 4 aromatic carbocycles. The Labute approximate surface area is 210 Å². The molecular formula is C28H23ClN2O3S. The van der Waals surface area contributed by atoms with Gasteiger partial charge in [0.1, 0.15) is 12.2 Å². The van der Waals surface area contributed by atoms with E-state index in [9.17, 15) is 13.2 Å². The Kier molecular flexibility index (Phi) is 6.09. The monoisotopic (exact) mass is 502 g/mol. The van der Waals surface area contributed by atoms with Crippen LogP contribution in [0.3, 0.4) is 0 Å². The van der Waals surface area contributed by atoms with E-state index in [0.29, 0.717) is 16.1 Å². The Hall–Kier alpha value is -3.61. The lowest BCUT2D eigenvalue weighted by molar-refractivity contribution is -0.125. The van der Waals surface area contributed by atoms with Gasteiger partial charge in [-0.1, -0.05) is 90.0 Å². The zero-order valence-electron chi connectivity index (χ0n) is 19.0. The summed E-state index contributed by atoms with van der Waals surface area (Å²) in [7, 11) is -4.18. The first kappa shape index (κ1) is 23.1. The van der Waals surface area contributed by atoms with Crippen LogP contribution in [0.2, 0.25) is 5.02 Å². The maximum Gasteiger partial charge on any atom is 0.268 e. The van der Waals surface area contributed by atoms with Gasteiger partial charge in [0.15, 0.2) is 0 Å². The zero-order chi connectivity index (χ0) is 24.6. The molecule has 1 aliphatic rings. The normalized spacial score (nSPS) is 18.2. The Morgan fingerprint density at radius 2 is 1.29 bits per heavy atom.